The van der Waals surface area contributed by atoms with E-state index < -0.39 is 0 Å². The molecule has 1 unspecified atom stereocenters. The zero-order valence-electron chi connectivity index (χ0n) is 13.6. The number of hydrogen-bond donors (Lipinski definition) is 2. The first-order valence-electron chi connectivity index (χ1n) is 8.17. The number of hydrogen-bond acceptors (Lipinski definition) is 3. The first kappa shape index (κ1) is 16.3. The van der Waals surface area contributed by atoms with E-state index in [9.17, 15) is 0 Å². The highest BCUT2D eigenvalue weighted by molar-refractivity contribution is 5.45. The lowest BCUT2D eigenvalue weighted by Gasteiger charge is -2.19. The fraction of sp³-hybridized carbons (Fsp3) is 0.667. The molecule has 3 nitrogen and oxygen atoms in total. The minimum absolute atomic E-state index is 0.0833. The maximum Gasteiger partial charge on any atom is 0.127 e. The second kappa shape index (κ2) is 7.28. The van der Waals surface area contributed by atoms with Crippen molar-refractivity contribution < 1.29 is 9.84 Å². The third kappa shape index (κ3) is 4.45. The zero-order valence-corrected chi connectivity index (χ0v) is 13.6. The van der Waals surface area contributed by atoms with E-state index in [4.69, 9.17) is 9.84 Å². The molecule has 1 aliphatic rings. The molecule has 1 aliphatic heterocycles. The van der Waals surface area contributed by atoms with Crippen molar-refractivity contribution in [3.63, 3.8) is 0 Å². The molecule has 0 spiro atoms. The molecule has 1 aromatic rings. The number of rotatable bonds is 8. The van der Waals surface area contributed by atoms with Gasteiger partial charge in [-0.25, -0.2) is 0 Å². The standard InChI is InChI=1S/C18H29NO2/c1-4-6-14(9-10-20)12-19-13-16-8-5-7-15-11-18(2,3)21-17(15)16/h5,7-8,14,19-20H,4,6,9-13H2,1-3H3. The van der Waals surface area contributed by atoms with Gasteiger partial charge < -0.3 is 15.2 Å². The highest BCUT2D eigenvalue weighted by Gasteiger charge is 2.31. The average Bonchev–Trinajstić information content (AvgIpc) is 2.74. The second-order valence-electron chi connectivity index (χ2n) is 6.74. The molecule has 3 heteroatoms. The van der Waals surface area contributed by atoms with Gasteiger partial charge in [-0.1, -0.05) is 31.5 Å². The van der Waals surface area contributed by atoms with Gasteiger partial charge in [0.25, 0.3) is 0 Å². The van der Waals surface area contributed by atoms with Gasteiger partial charge in [-0.15, -0.1) is 0 Å². The number of fused-ring (bicyclic) bond motifs is 1. The van der Waals surface area contributed by atoms with Crippen LogP contribution >= 0.6 is 0 Å². The van der Waals surface area contributed by atoms with Crippen LogP contribution in [-0.2, 0) is 13.0 Å². The quantitative estimate of drug-likeness (QED) is 0.772. The number of aliphatic hydroxyl groups is 1. The number of benzene rings is 1. The minimum atomic E-state index is -0.0833. The summed E-state index contributed by atoms with van der Waals surface area (Å²) in [7, 11) is 0. The molecular weight excluding hydrogens is 262 g/mol. The minimum Gasteiger partial charge on any atom is -0.487 e. The molecule has 0 saturated heterocycles. The Bertz CT molecular complexity index is 451. The monoisotopic (exact) mass is 291 g/mol. The molecule has 0 fully saturated rings. The number of para-hydroxylation sites is 1. The van der Waals surface area contributed by atoms with Crippen LogP contribution in [-0.4, -0.2) is 23.9 Å². The van der Waals surface area contributed by atoms with Gasteiger partial charge in [0.1, 0.15) is 11.4 Å². The molecule has 1 heterocycles. The molecule has 0 bridgehead atoms. The molecule has 21 heavy (non-hydrogen) atoms. The normalized spacial score (nSPS) is 17.3. The first-order chi connectivity index (χ1) is 10.1. The van der Waals surface area contributed by atoms with Crippen molar-refractivity contribution in [3.05, 3.63) is 29.3 Å². The van der Waals surface area contributed by atoms with Crippen molar-refractivity contribution in [2.75, 3.05) is 13.2 Å². The largest absolute Gasteiger partial charge is 0.487 e. The lowest BCUT2D eigenvalue weighted by molar-refractivity contribution is 0.137. The highest BCUT2D eigenvalue weighted by atomic mass is 16.5. The molecule has 2 rings (SSSR count). The van der Waals surface area contributed by atoms with Crippen molar-refractivity contribution in [1.29, 1.82) is 0 Å². The van der Waals surface area contributed by atoms with Crippen molar-refractivity contribution in [2.45, 2.75) is 58.6 Å². The van der Waals surface area contributed by atoms with E-state index in [1.54, 1.807) is 0 Å². The van der Waals surface area contributed by atoms with Gasteiger partial charge >= 0.3 is 0 Å². The Balaban J connectivity index is 1.91. The summed E-state index contributed by atoms with van der Waals surface area (Å²) in [5, 5.41) is 12.7. The van der Waals surface area contributed by atoms with Gasteiger partial charge in [0.05, 0.1) is 0 Å². The molecule has 0 aliphatic carbocycles. The van der Waals surface area contributed by atoms with Crippen LogP contribution < -0.4 is 10.1 Å². The number of ether oxygens (including phenoxy) is 1. The van der Waals surface area contributed by atoms with Gasteiger partial charge in [0.2, 0.25) is 0 Å². The molecule has 0 amide bonds. The van der Waals surface area contributed by atoms with E-state index >= 15 is 0 Å². The van der Waals surface area contributed by atoms with Crippen molar-refractivity contribution >= 4 is 0 Å². The highest BCUT2D eigenvalue weighted by Crippen LogP contribution is 2.37. The number of aliphatic hydroxyl groups excluding tert-OH is 1. The van der Waals surface area contributed by atoms with E-state index in [1.165, 1.54) is 24.0 Å². The predicted octanol–water partition coefficient (Wildman–Crippen LogP) is 3.29. The summed E-state index contributed by atoms with van der Waals surface area (Å²) >= 11 is 0. The average molecular weight is 291 g/mol. The van der Waals surface area contributed by atoms with Crippen LogP contribution in [0.15, 0.2) is 18.2 Å². The molecule has 1 atom stereocenters. The topological polar surface area (TPSA) is 41.5 Å². The van der Waals surface area contributed by atoms with E-state index in [2.05, 4.69) is 44.3 Å². The molecular formula is C18H29NO2. The Labute approximate surface area is 128 Å². The van der Waals surface area contributed by atoms with Crippen LogP contribution in [0.4, 0.5) is 0 Å². The Hall–Kier alpha value is -1.06. The summed E-state index contributed by atoms with van der Waals surface area (Å²) in [6, 6.07) is 6.44. The summed E-state index contributed by atoms with van der Waals surface area (Å²) in [6.07, 6.45) is 4.21. The zero-order chi connectivity index (χ0) is 15.3. The third-order valence-corrected chi connectivity index (χ3v) is 4.16. The Morgan fingerprint density at radius 3 is 2.86 bits per heavy atom. The van der Waals surface area contributed by atoms with Gasteiger partial charge in [0, 0.05) is 25.1 Å². The van der Waals surface area contributed by atoms with E-state index in [1.807, 2.05) is 0 Å². The smallest absolute Gasteiger partial charge is 0.127 e. The van der Waals surface area contributed by atoms with Crippen LogP contribution in [0.5, 0.6) is 5.75 Å². The summed E-state index contributed by atoms with van der Waals surface area (Å²) in [4.78, 5) is 0. The number of nitrogens with one attached hydrogen (secondary N) is 1. The van der Waals surface area contributed by atoms with Crippen LogP contribution in [0.1, 0.15) is 51.2 Å². The van der Waals surface area contributed by atoms with E-state index in [0.29, 0.717) is 5.92 Å². The Morgan fingerprint density at radius 1 is 1.33 bits per heavy atom. The summed E-state index contributed by atoms with van der Waals surface area (Å²) in [6.45, 7) is 8.56. The molecule has 118 valence electrons. The third-order valence-electron chi connectivity index (χ3n) is 4.16. The fourth-order valence-corrected chi connectivity index (χ4v) is 3.17. The molecule has 1 aromatic carbocycles. The van der Waals surface area contributed by atoms with Crippen LogP contribution in [0.3, 0.4) is 0 Å². The fourth-order valence-electron chi connectivity index (χ4n) is 3.17. The van der Waals surface area contributed by atoms with Crippen molar-refractivity contribution in [1.82, 2.24) is 5.32 Å². The Morgan fingerprint density at radius 2 is 2.14 bits per heavy atom. The van der Waals surface area contributed by atoms with Crippen LogP contribution in [0.25, 0.3) is 0 Å². The predicted molar refractivity (Wildman–Crippen MR) is 86.7 cm³/mol. The van der Waals surface area contributed by atoms with Gasteiger partial charge in [-0.2, -0.15) is 0 Å². The van der Waals surface area contributed by atoms with Gasteiger partial charge in [0.15, 0.2) is 0 Å². The maximum absolute atomic E-state index is 9.12. The molecule has 0 radical (unpaired) electrons. The second-order valence-corrected chi connectivity index (χ2v) is 6.74. The SMILES string of the molecule is CCCC(CCO)CNCc1cccc2c1OC(C)(C)C2. The molecule has 0 aromatic heterocycles. The van der Waals surface area contributed by atoms with E-state index in [0.717, 1.165) is 31.7 Å². The van der Waals surface area contributed by atoms with E-state index in [-0.39, 0.29) is 12.2 Å². The first-order valence-corrected chi connectivity index (χ1v) is 8.17. The maximum atomic E-state index is 9.12. The lowest BCUT2D eigenvalue weighted by atomic mass is 9.99. The van der Waals surface area contributed by atoms with Crippen LogP contribution in [0.2, 0.25) is 0 Å². The Kier molecular flexibility index (Phi) is 5.65. The van der Waals surface area contributed by atoms with Gasteiger partial charge in [-0.3, -0.25) is 0 Å². The molecule has 0 saturated carbocycles. The lowest BCUT2D eigenvalue weighted by Crippen LogP contribution is -2.26. The summed E-state index contributed by atoms with van der Waals surface area (Å²) < 4.78 is 6.10. The van der Waals surface area contributed by atoms with Crippen molar-refractivity contribution in [2.24, 2.45) is 5.92 Å². The summed E-state index contributed by atoms with van der Waals surface area (Å²) in [5.41, 5.74) is 2.48. The van der Waals surface area contributed by atoms with Crippen LogP contribution in [0, 0.1) is 5.92 Å². The molecule has 2 N–H and O–H groups in total. The van der Waals surface area contributed by atoms with Gasteiger partial charge in [-0.05, 0) is 44.7 Å². The van der Waals surface area contributed by atoms with Crippen molar-refractivity contribution in [3.8, 4) is 5.75 Å². The summed E-state index contributed by atoms with van der Waals surface area (Å²) in [5.74, 6) is 1.64.